The van der Waals surface area contributed by atoms with Crippen molar-refractivity contribution in [3.05, 3.63) is 67.1 Å². The van der Waals surface area contributed by atoms with Crippen molar-refractivity contribution in [1.29, 1.82) is 0 Å². The summed E-state index contributed by atoms with van der Waals surface area (Å²) >= 11 is 3.57. The van der Waals surface area contributed by atoms with Crippen molar-refractivity contribution in [2.24, 2.45) is 0 Å². The van der Waals surface area contributed by atoms with Crippen LogP contribution in [-0.2, 0) is 0 Å². The predicted octanol–water partition coefficient (Wildman–Crippen LogP) is 7.65. The molecule has 0 radical (unpaired) electrons. The standard InChI is InChI=1S/C7H10.2C6H8S.CH4/c1-6-4-3-5-7(6)2;1-5-3-7-4-6(5)2;1-5-3-4-7-6(5)2;/h3-4H,5H2,1-2H3;2*3-4H,1-2H3;1H4. The molecule has 2 aromatic rings. The highest BCUT2D eigenvalue weighted by molar-refractivity contribution is 7.10. The van der Waals surface area contributed by atoms with Crippen LogP contribution in [-0.4, -0.2) is 0 Å². The molecule has 0 fully saturated rings. The quantitative estimate of drug-likeness (QED) is 0.464. The third-order valence-corrected chi connectivity index (χ3v) is 5.62. The Kier molecular flexibility index (Phi) is 10.0. The minimum atomic E-state index is 0. The molecule has 3 rings (SSSR count). The fourth-order valence-electron chi connectivity index (χ4n) is 1.59. The molecule has 0 aromatic carbocycles. The van der Waals surface area contributed by atoms with E-state index in [1.807, 2.05) is 0 Å². The van der Waals surface area contributed by atoms with Gasteiger partial charge in [0.25, 0.3) is 0 Å². The summed E-state index contributed by atoms with van der Waals surface area (Å²) in [6.45, 7) is 12.9. The van der Waals surface area contributed by atoms with Gasteiger partial charge in [0.15, 0.2) is 0 Å². The Balaban J connectivity index is 0.000000294. The molecular formula is C20H30S2. The Bertz CT molecular complexity index is 538. The molecule has 2 heterocycles. The first-order valence-electron chi connectivity index (χ1n) is 7.24. The molecule has 2 aromatic heterocycles. The lowest BCUT2D eigenvalue weighted by molar-refractivity contribution is 1.22. The third-order valence-electron chi connectivity index (χ3n) is 3.69. The van der Waals surface area contributed by atoms with Gasteiger partial charge < -0.3 is 0 Å². The predicted molar refractivity (Wildman–Crippen MR) is 106 cm³/mol. The second-order valence-electron chi connectivity index (χ2n) is 5.47. The van der Waals surface area contributed by atoms with Crippen molar-refractivity contribution in [1.82, 2.24) is 0 Å². The minimum absolute atomic E-state index is 0. The fraction of sp³-hybridized carbons (Fsp3) is 0.400. The molecule has 1 aliphatic rings. The largest absolute Gasteiger partial charge is 0.152 e. The van der Waals surface area contributed by atoms with Crippen molar-refractivity contribution in [3.63, 3.8) is 0 Å². The normalized spacial score (nSPS) is 12.1. The van der Waals surface area contributed by atoms with Crippen molar-refractivity contribution in [3.8, 4) is 0 Å². The molecule has 0 bridgehead atoms. The monoisotopic (exact) mass is 334 g/mol. The van der Waals surface area contributed by atoms with Gasteiger partial charge in [0, 0.05) is 4.88 Å². The highest BCUT2D eigenvalue weighted by atomic mass is 32.1. The Morgan fingerprint density at radius 3 is 1.59 bits per heavy atom. The first kappa shape index (κ1) is 20.9. The maximum atomic E-state index is 2.20. The zero-order valence-corrected chi connectivity index (χ0v) is 15.6. The summed E-state index contributed by atoms with van der Waals surface area (Å²) in [7, 11) is 0. The SMILES string of the molecule is C.CC1=C(C)CC=C1.Cc1ccsc1C.Cc1cscc1C. The van der Waals surface area contributed by atoms with Crippen molar-refractivity contribution < 1.29 is 0 Å². The van der Waals surface area contributed by atoms with E-state index in [9.17, 15) is 0 Å². The van der Waals surface area contributed by atoms with Crippen LogP contribution in [0.15, 0.2) is 45.5 Å². The first-order chi connectivity index (χ1) is 9.91. The van der Waals surface area contributed by atoms with Crippen LogP contribution in [0.2, 0.25) is 0 Å². The highest BCUT2D eigenvalue weighted by Crippen LogP contribution is 2.16. The van der Waals surface area contributed by atoms with Gasteiger partial charge >= 0.3 is 0 Å². The van der Waals surface area contributed by atoms with Crippen LogP contribution >= 0.6 is 22.7 Å². The third kappa shape index (κ3) is 7.24. The molecule has 0 atom stereocenters. The molecule has 0 amide bonds. The van der Waals surface area contributed by atoms with E-state index >= 15 is 0 Å². The topological polar surface area (TPSA) is 0 Å². The maximum Gasteiger partial charge on any atom is 0.00433 e. The number of hydrogen-bond acceptors (Lipinski definition) is 2. The molecule has 0 nitrogen and oxygen atoms in total. The second kappa shape index (κ2) is 10.6. The fourth-order valence-corrected chi connectivity index (χ4v) is 3.17. The lowest BCUT2D eigenvalue weighted by atomic mass is 10.2. The Morgan fingerprint density at radius 1 is 0.864 bits per heavy atom. The van der Waals surface area contributed by atoms with E-state index < -0.39 is 0 Å². The molecular weight excluding hydrogens is 304 g/mol. The summed E-state index contributed by atoms with van der Waals surface area (Å²) in [6.07, 6.45) is 5.55. The maximum absolute atomic E-state index is 2.20. The Morgan fingerprint density at radius 2 is 1.45 bits per heavy atom. The van der Waals surface area contributed by atoms with E-state index in [-0.39, 0.29) is 7.43 Å². The number of hydrogen-bond donors (Lipinski definition) is 0. The lowest BCUT2D eigenvalue weighted by Crippen LogP contribution is -1.67. The van der Waals surface area contributed by atoms with Crippen LogP contribution in [0.5, 0.6) is 0 Å². The van der Waals surface area contributed by atoms with Gasteiger partial charge in [-0.3, -0.25) is 0 Å². The van der Waals surface area contributed by atoms with Crippen LogP contribution < -0.4 is 0 Å². The minimum Gasteiger partial charge on any atom is -0.152 e. The highest BCUT2D eigenvalue weighted by Gasteiger charge is 1.95. The molecule has 0 aliphatic heterocycles. The van der Waals surface area contributed by atoms with Crippen molar-refractivity contribution >= 4 is 22.7 Å². The van der Waals surface area contributed by atoms with Crippen molar-refractivity contribution in [2.75, 3.05) is 0 Å². The molecule has 0 N–H and O–H groups in total. The van der Waals surface area contributed by atoms with Gasteiger partial charge in [0.05, 0.1) is 0 Å². The van der Waals surface area contributed by atoms with Gasteiger partial charge in [-0.2, -0.15) is 11.3 Å². The summed E-state index contributed by atoms with van der Waals surface area (Å²) in [6, 6.07) is 2.14. The van der Waals surface area contributed by atoms with Gasteiger partial charge in [-0.1, -0.05) is 30.7 Å². The summed E-state index contributed by atoms with van der Waals surface area (Å²) in [4.78, 5) is 1.43. The van der Waals surface area contributed by atoms with Crippen LogP contribution in [0.4, 0.5) is 0 Å². The smallest absolute Gasteiger partial charge is 0.00433 e. The molecule has 2 heteroatoms. The summed E-state index contributed by atoms with van der Waals surface area (Å²) in [5.74, 6) is 0. The number of allylic oxidation sites excluding steroid dienone is 4. The molecule has 22 heavy (non-hydrogen) atoms. The van der Waals surface area contributed by atoms with E-state index in [0.29, 0.717) is 0 Å². The molecule has 0 saturated heterocycles. The van der Waals surface area contributed by atoms with E-state index in [4.69, 9.17) is 0 Å². The van der Waals surface area contributed by atoms with Gasteiger partial charge in [-0.15, -0.1) is 11.3 Å². The Hall–Kier alpha value is -1.12. The number of thiophene rings is 2. The molecule has 122 valence electrons. The van der Waals surface area contributed by atoms with Crippen LogP contribution in [0.25, 0.3) is 0 Å². The van der Waals surface area contributed by atoms with Crippen LogP contribution in [0.3, 0.4) is 0 Å². The summed E-state index contributed by atoms with van der Waals surface area (Å²) in [5, 5.41) is 6.44. The zero-order valence-electron chi connectivity index (χ0n) is 14.0. The van der Waals surface area contributed by atoms with Crippen molar-refractivity contribution in [2.45, 2.75) is 55.4 Å². The second-order valence-corrected chi connectivity index (χ2v) is 7.33. The Labute approximate surface area is 145 Å². The lowest BCUT2D eigenvalue weighted by Gasteiger charge is -1.87. The van der Waals surface area contributed by atoms with E-state index in [1.54, 1.807) is 22.7 Å². The molecule has 0 unspecified atom stereocenters. The average molecular weight is 335 g/mol. The molecule has 0 spiro atoms. The van der Waals surface area contributed by atoms with E-state index in [1.165, 1.54) is 39.1 Å². The number of aryl methyl sites for hydroxylation is 4. The summed E-state index contributed by atoms with van der Waals surface area (Å²) in [5.41, 5.74) is 7.18. The van der Waals surface area contributed by atoms with Gasteiger partial charge in [0.1, 0.15) is 0 Å². The van der Waals surface area contributed by atoms with Gasteiger partial charge in [0.2, 0.25) is 0 Å². The van der Waals surface area contributed by atoms with E-state index in [2.05, 4.69) is 75.9 Å². The van der Waals surface area contributed by atoms with Gasteiger partial charge in [-0.25, -0.2) is 0 Å². The molecule has 0 saturated carbocycles. The van der Waals surface area contributed by atoms with E-state index in [0.717, 1.165) is 0 Å². The van der Waals surface area contributed by atoms with Crippen LogP contribution in [0.1, 0.15) is 49.3 Å². The average Bonchev–Trinajstić information content (AvgIpc) is 3.11. The van der Waals surface area contributed by atoms with Gasteiger partial charge in [-0.05, 0) is 86.9 Å². The first-order valence-corrected chi connectivity index (χ1v) is 9.07. The number of rotatable bonds is 0. The molecule has 1 aliphatic carbocycles. The zero-order chi connectivity index (χ0) is 15.8. The summed E-state index contributed by atoms with van der Waals surface area (Å²) < 4.78 is 0. The van der Waals surface area contributed by atoms with Crippen LogP contribution in [0, 0.1) is 27.7 Å².